The molecule has 0 amide bonds. The molecule has 3 nitrogen and oxygen atoms in total. The Morgan fingerprint density at radius 2 is 2.06 bits per heavy atom. The van der Waals surface area contributed by atoms with Gasteiger partial charge >= 0.3 is 0 Å². The highest BCUT2D eigenvalue weighted by molar-refractivity contribution is 5.41. The number of anilines is 1. The van der Waals surface area contributed by atoms with E-state index in [1.165, 1.54) is 32.1 Å². The summed E-state index contributed by atoms with van der Waals surface area (Å²) in [4.78, 5) is 11.6. The molecule has 1 aromatic heterocycles. The van der Waals surface area contributed by atoms with Crippen molar-refractivity contribution in [1.82, 2.24) is 4.57 Å². The second kappa shape index (κ2) is 6.07. The zero-order chi connectivity index (χ0) is 13.0. The Morgan fingerprint density at radius 3 is 2.78 bits per heavy atom. The van der Waals surface area contributed by atoms with Crippen LogP contribution in [0.1, 0.15) is 46.0 Å². The Bertz CT molecular complexity index is 438. The van der Waals surface area contributed by atoms with Gasteiger partial charge in [0.15, 0.2) is 0 Å². The molecule has 100 valence electrons. The summed E-state index contributed by atoms with van der Waals surface area (Å²) >= 11 is 0. The van der Waals surface area contributed by atoms with E-state index in [-0.39, 0.29) is 5.56 Å². The number of aryl methyl sites for hydroxylation is 1. The summed E-state index contributed by atoms with van der Waals surface area (Å²) in [6, 6.07) is 4.15. The first-order valence-corrected chi connectivity index (χ1v) is 7.21. The van der Waals surface area contributed by atoms with Gasteiger partial charge in [-0.1, -0.05) is 26.2 Å². The van der Waals surface area contributed by atoms with Crippen LogP contribution in [0, 0.1) is 5.92 Å². The Morgan fingerprint density at radius 1 is 1.28 bits per heavy atom. The fourth-order valence-corrected chi connectivity index (χ4v) is 2.96. The van der Waals surface area contributed by atoms with E-state index in [0.29, 0.717) is 6.04 Å². The summed E-state index contributed by atoms with van der Waals surface area (Å²) in [5, 5.41) is 3.62. The van der Waals surface area contributed by atoms with Crippen LogP contribution >= 0.6 is 0 Å². The molecule has 2 rings (SSSR count). The van der Waals surface area contributed by atoms with E-state index in [1.54, 1.807) is 10.6 Å². The lowest BCUT2D eigenvalue weighted by atomic mass is 9.83. The topological polar surface area (TPSA) is 34.0 Å². The molecule has 1 aliphatic carbocycles. The van der Waals surface area contributed by atoms with Crippen molar-refractivity contribution < 1.29 is 0 Å². The molecule has 0 saturated heterocycles. The first kappa shape index (κ1) is 13.2. The summed E-state index contributed by atoms with van der Waals surface area (Å²) < 4.78 is 1.76. The molecule has 0 aromatic carbocycles. The first-order chi connectivity index (χ1) is 8.74. The Labute approximate surface area is 109 Å². The third-order valence-electron chi connectivity index (χ3n) is 4.11. The maximum absolute atomic E-state index is 11.6. The fraction of sp³-hybridized carbons (Fsp3) is 0.667. The Hall–Kier alpha value is -1.25. The standard InChI is InChI=1S/C15H24N2O/c1-3-12-7-5-6-8-14(12)16-13-9-10-15(18)17(4-2)11-13/h9-12,14,16H,3-8H2,1-2H3. The molecule has 2 atom stereocenters. The lowest BCUT2D eigenvalue weighted by molar-refractivity contribution is 0.317. The normalized spacial score (nSPS) is 23.9. The second-order valence-corrected chi connectivity index (χ2v) is 5.25. The zero-order valence-electron chi connectivity index (χ0n) is 11.5. The lowest BCUT2D eigenvalue weighted by Crippen LogP contribution is -2.32. The molecule has 1 N–H and O–H groups in total. The van der Waals surface area contributed by atoms with Crippen LogP contribution in [-0.2, 0) is 6.54 Å². The molecule has 18 heavy (non-hydrogen) atoms. The average Bonchev–Trinajstić information content (AvgIpc) is 2.41. The molecule has 0 aliphatic heterocycles. The Kier molecular flexibility index (Phi) is 4.45. The van der Waals surface area contributed by atoms with Crippen LogP contribution in [0.5, 0.6) is 0 Å². The molecular formula is C15H24N2O. The van der Waals surface area contributed by atoms with Crippen LogP contribution < -0.4 is 10.9 Å². The predicted octanol–water partition coefficient (Wildman–Crippen LogP) is 3.25. The molecule has 1 heterocycles. The quantitative estimate of drug-likeness (QED) is 0.887. The number of nitrogens with one attached hydrogen (secondary N) is 1. The minimum Gasteiger partial charge on any atom is -0.381 e. The minimum absolute atomic E-state index is 0.0822. The number of nitrogens with zero attached hydrogens (tertiary/aromatic N) is 1. The summed E-state index contributed by atoms with van der Waals surface area (Å²) in [6.45, 7) is 5.01. The van der Waals surface area contributed by atoms with E-state index in [2.05, 4.69) is 12.2 Å². The van der Waals surface area contributed by atoms with Crippen LogP contribution in [0.15, 0.2) is 23.1 Å². The highest BCUT2D eigenvalue weighted by atomic mass is 16.1. The molecule has 1 saturated carbocycles. The van der Waals surface area contributed by atoms with Crippen molar-refractivity contribution in [2.45, 2.75) is 58.5 Å². The number of rotatable bonds is 4. The van der Waals surface area contributed by atoms with Crippen LogP contribution in [-0.4, -0.2) is 10.6 Å². The zero-order valence-corrected chi connectivity index (χ0v) is 11.5. The van der Waals surface area contributed by atoms with Crippen molar-refractivity contribution in [3.63, 3.8) is 0 Å². The Balaban J connectivity index is 2.10. The van der Waals surface area contributed by atoms with Crippen LogP contribution in [0.3, 0.4) is 0 Å². The number of hydrogen-bond donors (Lipinski definition) is 1. The van der Waals surface area contributed by atoms with Gasteiger partial charge in [-0.2, -0.15) is 0 Å². The molecule has 1 fully saturated rings. The molecule has 2 unspecified atom stereocenters. The third kappa shape index (κ3) is 2.95. The predicted molar refractivity (Wildman–Crippen MR) is 76.0 cm³/mol. The summed E-state index contributed by atoms with van der Waals surface area (Å²) in [5.41, 5.74) is 1.17. The van der Waals surface area contributed by atoms with Crippen molar-refractivity contribution >= 4 is 5.69 Å². The van der Waals surface area contributed by atoms with Gasteiger partial charge in [-0.3, -0.25) is 4.79 Å². The smallest absolute Gasteiger partial charge is 0.250 e. The van der Waals surface area contributed by atoms with Gasteiger partial charge in [-0.25, -0.2) is 0 Å². The van der Waals surface area contributed by atoms with Gasteiger partial charge in [0.1, 0.15) is 0 Å². The average molecular weight is 248 g/mol. The van der Waals surface area contributed by atoms with Gasteiger partial charge in [-0.05, 0) is 31.7 Å². The van der Waals surface area contributed by atoms with Crippen LogP contribution in [0.2, 0.25) is 0 Å². The van der Waals surface area contributed by atoms with Gasteiger partial charge in [0.2, 0.25) is 0 Å². The summed E-state index contributed by atoms with van der Waals surface area (Å²) in [5.74, 6) is 0.778. The van der Waals surface area contributed by atoms with Gasteiger partial charge in [0, 0.05) is 24.8 Å². The molecule has 0 spiro atoms. The van der Waals surface area contributed by atoms with E-state index in [9.17, 15) is 4.79 Å². The number of pyridine rings is 1. The maximum atomic E-state index is 11.6. The van der Waals surface area contributed by atoms with Crippen molar-refractivity contribution in [1.29, 1.82) is 0 Å². The SMILES string of the molecule is CCC1CCCCC1Nc1ccc(=O)n(CC)c1. The van der Waals surface area contributed by atoms with Crippen LogP contribution in [0.4, 0.5) is 5.69 Å². The van der Waals surface area contributed by atoms with E-state index in [0.717, 1.165) is 18.2 Å². The molecule has 1 aromatic rings. The summed E-state index contributed by atoms with van der Waals surface area (Å²) in [6.07, 6.45) is 8.47. The highest BCUT2D eigenvalue weighted by Gasteiger charge is 2.23. The van der Waals surface area contributed by atoms with Crippen molar-refractivity contribution in [3.8, 4) is 0 Å². The van der Waals surface area contributed by atoms with Crippen molar-refractivity contribution in [2.24, 2.45) is 5.92 Å². The molecule has 0 bridgehead atoms. The fourth-order valence-electron chi connectivity index (χ4n) is 2.96. The maximum Gasteiger partial charge on any atom is 0.250 e. The number of aromatic nitrogens is 1. The van der Waals surface area contributed by atoms with Gasteiger partial charge in [0.25, 0.3) is 5.56 Å². The van der Waals surface area contributed by atoms with E-state index < -0.39 is 0 Å². The molecule has 1 aliphatic rings. The van der Waals surface area contributed by atoms with Gasteiger partial charge in [-0.15, -0.1) is 0 Å². The molecular weight excluding hydrogens is 224 g/mol. The monoisotopic (exact) mass is 248 g/mol. The molecule has 0 radical (unpaired) electrons. The summed E-state index contributed by atoms with van der Waals surface area (Å²) in [7, 11) is 0. The van der Waals surface area contributed by atoms with Crippen LogP contribution in [0.25, 0.3) is 0 Å². The number of hydrogen-bond acceptors (Lipinski definition) is 2. The second-order valence-electron chi connectivity index (χ2n) is 5.25. The highest BCUT2D eigenvalue weighted by Crippen LogP contribution is 2.29. The van der Waals surface area contributed by atoms with Crippen molar-refractivity contribution in [3.05, 3.63) is 28.7 Å². The third-order valence-corrected chi connectivity index (χ3v) is 4.11. The van der Waals surface area contributed by atoms with E-state index in [1.807, 2.05) is 19.2 Å². The lowest BCUT2D eigenvalue weighted by Gasteiger charge is -2.32. The van der Waals surface area contributed by atoms with Crippen molar-refractivity contribution in [2.75, 3.05) is 5.32 Å². The minimum atomic E-state index is 0.0822. The first-order valence-electron chi connectivity index (χ1n) is 7.21. The largest absolute Gasteiger partial charge is 0.381 e. The van der Waals surface area contributed by atoms with Gasteiger partial charge < -0.3 is 9.88 Å². The van der Waals surface area contributed by atoms with E-state index >= 15 is 0 Å². The van der Waals surface area contributed by atoms with E-state index in [4.69, 9.17) is 0 Å². The van der Waals surface area contributed by atoms with Gasteiger partial charge in [0.05, 0.1) is 5.69 Å². The molecule has 3 heteroatoms.